The molecule has 34 heavy (non-hydrogen) atoms. The van der Waals surface area contributed by atoms with Crippen molar-refractivity contribution in [2.75, 3.05) is 18.6 Å². The summed E-state index contributed by atoms with van der Waals surface area (Å²) in [5.41, 5.74) is 16.4. The maximum absolute atomic E-state index is 12.8. The van der Waals surface area contributed by atoms with E-state index >= 15 is 0 Å². The van der Waals surface area contributed by atoms with E-state index in [1.807, 2.05) is 0 Å². The van der Waals surface area contributed by atoms with Crippen LogP contribution in [-0.2, 0) is 28.8 Å². The Balaban J connectivity index is 5.42. The highest BCUT2D eigenvalue weighted by Crippen LogP contribution is 2.05. The number of carboxylic acids is 2. The van der Waals surface area contributed by atoms with E-state index in [1.165, 1.54) is 11.8 Å². The van der Waals surface area contributed by atoms with Gasteiger partial charge in [0.1, 0.15) is 18.1 Å². The number of carbonyl (C=O) groups excluding carboxylic acids is 4. The van der Waals surface area contributed by atoms with E-state index in [1.54, 1.807) is 6.26 Å². The minimum Gasteiger partial charge on any atom is -0.481 e. The van der Waals surface area contributed by atoms with Crippen LogP contribution in [0.5, 0.6) is 0 Å². The Hall–Kier alpha value is -2.91. The summed E-state index contributed by atoms with van der Waals surface area (Å²) in [6.45, 7) is 0.426. The molecular weight excluding hydrogens is 472 g/mol. The summed E-state index contributed by atoms with van der Waals surface area (Å²) in [6.07, 6.45) is 1.89. The van der Waals surface area contributed by atoms with E-state index in [9.17, 15) is 28.8 Å². The monoisotopic (exact) mass is 506 g/mol. The summed E-state index contributed by atoms with van der Waals surface area (Å²) in [7, 11) is 0. The fraction of sp³-hybridized carbons (Fsp3) is 0.684. The van der Waals surface area contributed by atoms with Crippen molar-refractivity contribution in [2.24, 2.45) is 17.2 Å². The summed E-state index contributed by atoms with van der Waals surface area (Å²) in [5.74, 6) is -6.05. The molecule has 15 heteroatoms. The highest BCUT2D eigenvalue weighted by molar-refractivity contribution is 7.98. The number of nitrogens with one attached hydrogen (secondary N) is 3. The van der Waals surface area contributed by atoms with Gasteiger partial charge in [0.05, 0.1) is 18.9 Å². The van der Waals surface area contributed by atoms with Crippen molar-refractivity contribution in [1.29, 1.82) is 0 Å². The summed E-state index contributed by atoms with van der Waals surface area (Å²) in [6, 6.07) is -5.37. The topological polar surface area (TPSA) is 257 Å². The number of carboxylic acid groups (broad SMARTS) is 2. The van der Waals surface area contributed by atoms with Crippen molar-refractivity contribution in [3.05, 3.63) is 0 Å². The number of unbranched alkanes of at least 4 members (excludes halogenated alkanes) is 1. The van der Waals surface area contributed by atoms with Crippen LogP contribution in [0.25, 0.3) is 0 Å². The predicted molar refractivity (Wildman–Crippen MR) is 123 cm³/mol. The predicted octanol–water partition coefficient (Wildman–Crippen LogP) is -2.92. The molecule has 0 aromatic heterocycles. The fourth-order valence-electron chi connectivity index (χ4n) is 2.75. The molecule has 0 aliphatic rings. The highest BCUT2D eigenvalue weighted by Gasteiger charge is 2.31. The SMILES string of the molecule is CSCCC(NC(=O)C(CC(N)=O)NC(=O)C(N)CCCCN)C(=O)NC(CC(=O)O)C(=O)O. The second-order valence-corrected chi connectivity index (χ2v) is 8.45. The molecule has 0 radical (unpaired) electrons. The van der Waals surface area contributed by atoms with Gasteiger partial charge >= 0.3 is 11.9 Å². The summed E-state index contributed by atoms with van der Waals surface area (Å²) in [4.78, 5) is 71.3. The number of primary amides is 1. The Kier molecular flexibility index (Phi) is 15.2. The molecule has 0 aliphatic heterocycles. The molecule has 4 unspecified atom stereocenters. The van der Waals surface area contributed by atoms with E-state index in [4.69, 9.17) is 27.4 Å². The first-order valence-corrected chi connectivity index (χ1v) is 11.9. The van der Waals surface area contributed by atoms with Crippen molar-refractivity contribution in [3.63, 3.8) is 0 Å². The van der Waals surface area contributed by atoms with E-state index in [0.29, 0.717) is 31.6 Å². The van der Waals surface area contributed by atoms with Crippen molar-refractivity contribution in [2.45, 2.75) is 62.7 Å². The van der Waals surface area contributed by atoms with Crippen LogP contribution >= 0.6 is 11.8 Å². The van der Waals surface area contributed by atoms with Gasteiger partial charge in [-0.25, -0.2) is 4.79 Å². The van der Waals surface area contributed by atoms with E-state index in [2.05, 4.69) is 16.0 Å². The molecule has 11 N–H and O–H groups in total. The number of rotatable bonds is 18. The zero-order valence-corrected chi connectivity index (χ0v) is 19.8. The van der Waals surface area contributed by atoms with Crippen LogP contribution in [0.3, 0.4) is 0 Å². The number of thioether (sulfide) groups is 1. The van der Waals surface area contributed by atoms with Crippen LogP contribution in [0.4, 0.5) is 0 Å². The van der Waals surface area contributed by atoms with Gasteiger partial charge < -0.3 is 43.4 Å². The molecule has 0 rings (SSSR count). The lowest BCUT2D eigenvalue weighted by molar-refractivity contribution is -0.147. The van der Waals surface area contributed by atoms with Crippen LogP contribution in [-0.4, -0.2) is 88.5 Å². The zero-order valence-electron chi connectivity index (χ0n) is 19.0. The number of nitrogens with two attached hydrogens (primary N) is 3. The van der Waals surface area contributed by atoms with Crippen LogP contribution in [0.2, 0.25) is 0 Å². The van der Waals surface area contributed by atoms with Crippen molar-refractivity contribution >= 4 is 47.3 Å². The molecule has 0 aromatic carbocycles. The van der Waals surface area contributed by atoms with Gasteiger partial charge in [-0.05, 0) is 37.8 Å². The number of carbonyl (C=O) groups is 6. The molecule has 0 saturated carbocycles. The minimum absolute atomic E-state index is 0.0635. The standard InChI is InChI=1S/C19H34N6O8S/c1-34-7-5-11(17(30)25-13(19(32)33)9-15(27)28)23-18(31)12(8-14(22)26)24-16(29)10(21)4-2-3-6-20/h10-13H,2-9,20-21H2,1H3,(H2,22,26)(H,23,31)(H,24,29)(H,25,30)(H,27,28)(H,32,33). The van der Waals surface area contributed by atoms with Crippen LogP contribution in [0.1, 0.15) is 38.5 Å². The van der Waals surface area contributed by atoms with Gasteiger partial charge in [0.15, 0.2) is 0 Å². The quantitative estimate of drug-likeness (QED) is 0.0873. The van der Waals surface area contributed by atoms with Gasteiger partial charge in [0.2, 0.25) is 23.6 Å². The summed E-state index contributed by atoms with van der Waals surface area (Å²) >= 11 is 1.34. The maximum Gasteiger partial charge on any atom is 0.326 e. The number of aliphatic carboxylic acids is 2. The Morgan fingerprint density at radius 1 is 0.824 bits per heavy atom. The second-order valence-electron chi connectivity index (χ2n) is 7.46. The average Bonchev–Trinajstić information content (AvgIpc) is 2.74. The number of hydrogen-bond donors (Lipinski definition) is 8. The van der Waals surface area contributed by atoms with Crippen molar-refractivity contribution < 1.29 is 39.0 Å². The first-order valence-electron chi connectivity index (χ1n) is 10.5. The Bertz CT molecular complexity index is 738. The van der Waals surface area contributed by atoms with E-state index in [0.717, 1.165) is 0 Å². The summed E-state index contributed by atoms with van der Waals surface area (Å²) in [5, 5.41) is 24.8. The first-order chi connectivity index (χ1) is 15.9. The highest BCUT2D eigenvalue weighted by atomic mass is 32.2. The third kappa shape index (κ3) is 13.0. The number of amides is 4. The molecule has 4 amide bonds. The molecule has 0 aromatic rings. The van der Waals surface area contributed by atoms with E-state index in [-0.39, 0.29) is 6.42 Å². The number of hydrogen-bond acceptors (Lipinski definition) is 9. The lowest BCUT2D eigenvalue weighted by atomic mass is 10.1. The van der Waals surface area contributed by atoms with Crippen LogP contribution in [0, 0.1) is 0 Å². The largest absolute Gasteiger partial charge is 0.481 e. The van der Waals surface area contributed by atoms with Gasteiger partial charge in [-0.15, -0.1) is 0 Å². The molecule has 4 atom stereocenters. The molecule has 0 aliphatic carbocycles. The molecular formula is C19H34N6O8S. The molecule has 0 fully saturated rings. The Morgan fingerprint density at radius 2 is 1.38 bits per heavy atom. The molecule has 0 spiro atoms. The third-order valence-electron chi connectivity index (χ3n) is 4.58. The second kappa shape index (κ2) is 16.7. The molecule has 14 nitrogen and oxygen atoms in total. The van der Waals surface area contributed by atoms with Gasteiger partial charge in [-0.2, -0.15) is 11.8 Å². The smallest absolute Gasteiger partial charge is 0.326 e. The Labute approximate surface area is 201 Å². The minimum atomic E-state index is -1.72. The fourth-order valence-corrected chi connectivity index (χ4v) is 3.22. The van der Waals surface area contributed by atoms with Gasteiger partial charge in [0, 0.05) is 0 Å². The Morgan fingerprint density at radius 3 is 1.88 bits per heavy atom. The molecule has 0 bridgehead atoms. The summed E-state index contributed by atoms with van der Waals surface area (Å²) < 4.78 is 0. The van der Waals surface area contributed by atoms with Gasteiger partial charge in [-0.3, -0.25) is 24.0 Å². The first kappa shape index (κ1) is 31.1. The normalized spacial score (nSPS) is 14.2. The molecule has 194 valence electrons. The molecule has 0 heterocycles. The van der Waals surface area contributed by atoms with Gasteiger partial charge in [0.25, 0.3) is 0 Å². The lowest BCUT2D eigenvalue weighted by Crippen LogP contribution is -2.58. The maximum atomic E-state index is 12.8. The van der Waals surface area contributed by atoms with Crippen LogP contribution in [0.15, 0.2) is 0 Å². The average molecular weight is 507 g/mol. The lowest BCUT2D eigenvalue weighted by Gasteiger charge is -2.24. The van der Waals surface area contributed by atoms with Gasteiger partial charge in [-0.1, -0.05) is 6.42 Å². The van der Waals surface area contributed by atoms with Crippen molar-refractivity contribution in [1.82, 2.24) is 16.0 Å². The van der Waals surface area contributed by atoms with E-state index < -0.39 is 72.6 Å². The van der Waals surface area contributed by atoms with Crippen LogP contribution < -0.4 is 33.2 Å². The zero-order chi connectivity index (χ0) is 26.3. The van der Waals surface area contributed by atoms with Crippen molar-refractivity contribution in [3.8, 4) is 0 Å². The molecule has 0 saturated heterocycles. The third-order valence-corrected chi connectivity index (χ3v) is 5.23.